The molecule has 224 valence electrons. The van der Waals surface area contributed by atoms with E-state index in [2.05, 4.69) is 30.9 Å². The summed E-state index contributed by atoms with van der Waals surface area (Å²) >= 11 is 3.54. The van der Waals surface area contributed by atoms with Gasteiger partial charge in [-0.1, -0.05) is 18.2 Å². The Morgan fingerprint density at radius 2 is 1.77 bits per heavy atom. The van der Waals surface area contributed by atoms with Crippen LogP contribution < -0.4 is 20.9 Å². The van der Waals surface area contributed by atoms with Crippen molar-refractivity contribution in [3.05, 3.63) is 87.5 Å². The van der Waals surface area contributed by atoms with Gasteiger partial charge in [0, 0.05) is 25.9 Å². The van der Waals surface area contributed by atoms with Crippen molar-refractivity contribution in [3.8, 4) is 22.7 Å². The summed E-state index contributed by atoms with van der Waals surface area (Å²) in [7, 11) is 3.71. The molecule has 1 atom stereocenters. The number of rotatable bonds is 7. The lowest BCUT2D eigenvalue weighted by molar-refractivity contribution is 0.231. The van der Waals surface area contributed by atoms with Crippen LogP contribution in [0.5, 0.6) is 5.75 Å². The molecule has 0 aliphatic rings. The van der Waals surface area contributed by atoms with Crippen molar-refractivity contribution in [3.63, 3.8) is 0 Å². The molecule has 2 N–H and O–H groups in total. The molecular weight excluding hydrogens is 629 g/mol. The van der Waals surface area contributed by atoms with Crippen LogP contribution in [0.1, 0.15) is 32.6 Å². The van der Waals surface area contributed by atoms with E-state index in [1.54, 1.807) is 27.6 Å². The first-order chi connectivity index (χ1) is 21.1. The molecule has 44 heavy (non-hydrogen) atoms. The van der Waals surface area contributed by atoms with Gasteiger partial charge in [-0.25, -0.2) is 29.0 Å². The van der Waals surface area contributed by atoms with Gasteiger partial charge in [0.25, 0.3) is 5.56 Å². The van der Waals surface area contributed by atoms with Crippen LogP contribution in [0.25, 0.3) is 39.0 Å². The van der Waals surface area contributed by atoms with Gasteiger partial charge in [0.05, 0.1) is 27.3 Å². The van der Waals surface area contributed by atoms with Gasteiger partial charge in [0.2, 0.25) is 0 Å². The molecule has 6 rings (SSSR count). The highest BCUT2D eigenvalue weighted by atomic mass is 79.9. The maximum absolute atomic E-state index is 15.1. The largest absolute Gasteiger partial charge is 0.488 e. The van der Waals surface area contributed by atoms with Crippen molar-refractivity contribution in [1.82, 2.24) is 34.3 Å². The van der Waals surface area contributed by atoms with Crippen LogP contribution in [0.2, 0.25) is 0 Å². The average molecular weight is 659 g/mol. The number of aromatic nitrogens is 7. The predicted molar refractivity (Wildman–Crippen MR) is 172 cm³/mol. The highest BCUT2D eigenvalue weighted by Crippen LogP contribution is 2.36. The number of benzene rings is 2. The third kappa shape index (κ3) is 4.92. The van der Waals surface area contributed by atoms with Crippen LogP contribution >= 0.6 is 15.9 Å². The van der Waals surface area contributed by atoms with E-state index in [0.29, 0.717) is 49.3 Å². The first-order valence-corrected chi connectivity index (χ1v) is 14.6. The molecule has 2 aromatic carbocycles. The lowest BCUT2D eigenvalue weighted by Crippen LogP contribution is -2.29. The number of fused-ring (bicyclic) bond motifs is 2. The van der Waals surface area contributed by atoms with E-state index >= 15 is 4.39 Å². The minimum atomic E-state index is -0.653. The Balaban J connectivity index is 1.61. The number of anilines is 2. The van der Waals surface area contributed by atoms with Crippen LogP contribution in [0.3, 0.4) is 0 Å². The monoisotopic (exact) mass is 657 g/mol. The third-order valence-corrected chi connectivity index (χ3v) is 7.72. The molecule has 13 heteroatoms. The fourth-order valence-corrected chi connectivity index (χ4v) is 5.90. The number of nitrogens with zero attached hydrogens (tertiary/aromatic N) is 8. The minimum absolute atomic E-state index is 0.133. The Bertz CT molecular complexity index is 2090. The maximum Gasteiger partial charge on any atom is 0.269 e. The number of nitrogens with two attached hydrogens (primary N) is 1. The number of ether oxygens (including phenoxy) is 1. The van der Waals surface area contributed by atoms with E-state index in [0.717, 1.165) is 0 Å². The highest BCUT2D eigenvalue weighted by Gasteiger charge is 2.27. The molecule has 0 aliphatic carbocycles. The summed E-state index contributed by atoms with van der Waals surface area (Å²) in [5, 5.41) is 5.68. The van der Waals surface area contributed by atoms with Gasteiger partial charge in [-0.05, 0) is 67.0 Å². The van der Waals surface area contributed by atoms with Crippen molar-refractivity contribution in [2.24, 2.45) is 0 Å². The minimum Gasteiger partial charge on any atom is -0.488 e. The van der Waals surface area contributed by atoms with Crippen LogP contribution in [0.4, 0.5) is 15.9 Å². The molecule has 0 bridgehead atoms. The molecule has 0 saturated heterocycles. The van der Waals surface area contributed by atoms with Crippen LogP contribution in [0.15, 0.2) is 70.3 Å². The summed E-state index contributed by atoms with van der Waals surface area (Å²) in [4.78, 5) is 34.3. The summed E-state index contributed by atoms with van der Waals surface area (Å²) in [6, 6.07) is 13.2. The molecule has 4 heterocycles. The standard InChI is InChI=1S/C31H29BrFN9O2/c1-16(2)44-22-12-11-18(13-21(22)33)25-23-27(34)36-15-37-30(23)42(39-25)17(3)29-38-28-24(26(40(4)5)20(32)14-35-28)31(43)41(29)19-9-7-6-8-10-19/h6-17H,1-5H3,(H2,34,36,37). The molecular formula is C31H29BrFN9O2. The molecule has 0 amide bonds. The van der Waals surface area contributed by atoms with E-state index in [1.165, 1.54) is 12.4 Å². The molecule has 6 aromatic rings. The van der Waals surface area contributed by atoms with Gasteiger partial charge in [-0.2, -0.15) is 5.10 Å². The molecule has 0 saturated carbocycles. The molecule has 11 nitrogen and oxygen atoms in total. The molecule has 0 aliphatic heterocycles. The Kier molecular flexibility index (Phi) is 7.49. The smallest absolute Gasteiger partial charge is 0.269 e. The Morgan fingerprint density at radius 1 is 1.02 bits per heavy atom. The second-order valence-electron chi connectivity index (χ2n) is 10.7. The van der Waals surface area contributed by atoms with E-state index in [4.69, 9.17) is 20.6 Å². The molecule has 0 fully saturated rings. The fourth-order valence-electron chi connectivity index (χ4n) is 5.24. The first kappa shape index (κ1) is 29.2. The zero-order chi connectivity index (χ0) is 31.3. The summed E-state index contributed by atoms with van der Waals surface area (Å²) in [5.74, 6) is 0.146. The van der Waals surface area contributed by atoms with Crippen molar-refractivity contribution in [1.29, 1.82) is 0 Å². The van der Waals surface area contributed by atoms with Crippen molar-refractivity contribution in [2.75, 3.05) is 24.7 Å². The zero-order valence-corrected chi connectivity index (χ0v) is 26.2. The fraction of sp³-hybridized carbons (Fsp3) is 0.226. The van der Waals surface area contributed by atoms with Crippen LogP contribution in [-0.2, 0) is 0 Å². The summed E-state index contributed by atoms with van der Waals surface area (Å²) in [6.07, 6.45) is 2.77. The summed E-state index contributed by atoms with van der Waals surface area (Å²) < 4.78 is 24.5. The van der Waals surface area contributed by atoms with Crippen molar-refractivity contribution in [2.45, 2.75) is 32.9 Å². The number of halogens is 2. The van der Waals surface area contributed by atoms with Crippen molar-refractivity contribution >= 4 is 49.5 Å². The SMILES string of the molecule is CC(C)Oc1ccc(-c2nn(C(C)c3nc4ncc(Br)c(N(C)C)c4c(=O)n3-c3ccccc3)c3ncnc(N)c23)cc1F. The van der Waals surface area contributed by atoms with E-state index in [1.807, 2.05) is 70.1 Å². The summed E-state index contributed by atoms with van der Waals surface area (Å²) in [5.41, 5.74) is 8.85. The lowest BCUT2D eigenvalue weighted by Gasteiger charge is -2.21. The quantitative estimate of drug-likeness (QED) is 0.235. The van der Waals surface area contributed by atoms with E-state index < -0.39 is 11.9 Å². The number of nitrogen functional groups attached to an aromatic ring is 1. The second kappa shape index (κ2) is 11.3. The third-order valence-electron chi connectivity index (χ3n) is 7.14. The van der Waals surface area contributed by atoms with Gasteiger partial charge in [-0.3, -0.25) is 9.36 Å². The molecule has 0 spiro atoms. The number of para-hydroxylation sites is 1. The zero-order valence-electron chi connectivity index (χ0n) is 24.7. The second-order valence-corrected chi connectivity index (χ2v) is 11.6. The number of hydrogen-bond donors (Lipinski definition) is 1. The Labute approximate surface area is 260 Å². The maximum atomic E-state index is 15.1. The van der Waals surface area contributed by atoms with E-state index in [9.17, 15) is 4.79 Å². The number of pyridine rings is 1. The normalized spacial score (nSPS) is 12.3. The lowest BCUT2D eigenvalue weighted by atomic mass is 10.1. The highest BCUT2D eigenvalue weighted by molar-refractivity contribution is 9.10. The van der Waals surface area contributed by atoms with Gasteiger partial charge in [0.1, 0.15) is 35.1 Å². The van der Waals surface area contributed by atoms with Gasteiger partial charge < -0.3 is 15.4 Å². The van der Waals surface area contributed by atoms with Crippen LogP contribution in [0, 0.1) is 5.82 Å². The van der Waals surface area contributed by atoms with Gasteiger partial charge in [0.15, 0.2) is 22.9 Å². The van der Waals surface area contributed by atoms with Crippen LogP contribution in [-0.4, -0.2) is 54.5 Å². The Hall–Kier alpha value is -4.91. The average Bonchev–Trinajstić information content (AvgIpc) is 3.39. The Morgan fingerprint density at radius 3 is 2.45 bits per heavy atom. The van der Waals surface area contributed by atoms with Crippen molar-refractivity contribution < 1.29 is 9.13 Å². The molecule has 1 unspecified atom stereocenters. The first-order valence-electron chi connectivity index (χ1n) is 13.9. The molecule has 0 radical (unpaired) electrons. The van der Waals surface area contributed by atoms with Gasteiger partial charge in [-0.15, -0.1) is 0 Å². The topological polar surface area (TPSA) is 130 Å². The molecule has 4 aromatic heterocycles. The summed E-state index contributed by atoms with van der Waals surface area (Å²) in [6.45, 7) is 5.51. The van der Waals surface area contributed by atoms with E-state index in [-0.39, 0.29) is 28.9 Å². The number of hydrogen-bond acceptors (Lipinski definition) is 9. The van der Waals surface area contributed by atoms with Gasteiger partial charge >= 0.3 is 0 Å². The predicted octanol–water partition coefficient (Wildman–Crippen LogP) is 5.53.